The average molecular weight is 543 g/mol. The fourth-order valence-corrected chi connectivity index (χ4v) is 6.67. The van der Waals surface area contributed by atoms with Gasteiger partial charge < -0.3 is 19.9 Å². The molecule has 1 amide bonds. The van der Waals surface area contributed by atoms with Crippen molar-refractivity contribution in [1.29, 1.82) is 0 Å². The number of carbonyl (C=O) groups excluding carboxylic acids is 1. The van der Waals surface area contributed by atoms with E-state index < -0.39 is 0 Å². The summed E-state index contributed by atoms with van der Waals surface area (Å²) in [4.78, 5) is 29.1. The fraction of sp³-hybridized carbons (Fsp3) is 0.839. The first-order valence-electron chi connectivity index (χ1n) is 16.0. The molecule has 4 rings (SSSR count). The highest BCUT2D eigenvalue weighted by molar-refractivity contribution is 5.77. The Balaban J connectivity index is 1.04. The Morgan fingerprint density at radius 3 is 2.18 bits per heavy atom. The van der Waals surface area contributed by atoms with Crippen LogP contribution in [-0.4, -0.2) is 96.3 Å². The molecule has 3 aliphatic rings. The van der Waals surface area contributed by atoms with Gasteiger partial charge in [0, 0.05) is 56.8 Å². The van der Waals surface area contributed by atoms with Crippen molar-refractivity contribution in [3.63, 3.8) is 0 Å². The second kappa shape index (κ2) is 15.9. The highest BCUT2D eigenvalue weighted by Gasteiger charge is 2.41. The number of rotatable bonds is 16. The van der Waals surface area contributed by atoms with Gasteiger partial charge in [-0.15, -0.1) is 0 Å². The number of carbonyl (C=O) groups is 1. The van der Waals surface area contributed by atoms with Crippen molar-refractivity contribution in [2.75, 3.05) is 57.4 Å². The molecule has 1 aromatic rings. The largest absolute Gasteiger partial charge is 0.372 e. The summed E-state index contributed by atoms with van der Waals surface area (Å²) in [5.74, 6) is 1.56. The lowest BCUT2D eigenvalue weighted by atomic mass is 9.91. The lowest BCUT2D eigenvalue weighted by Gasteiger charge is -2.42. The molecule has 1 N–H and O–H groups in total. The van der Waals surface area contributed by atoms with Gasteiger partial charge in [-0.3, -0.25) is 9.69 Å². The van der Waals surface area contributed by atoms with E-state index in [0.29, 0.717) is 30.7 Å². The molecule has 0 spiro atoms. The molecular weight excluding hydrogens is 488 g/mol. The van der Waals surface area contributed by atoms with Gasteiger partial charge in [0.25, 0.3) is 0 Å². The number of aromatic nitrogens is 2. The molecular formula is C31H54N6O2. The predicted octanol–water partition coefficient (Wildman–Crippen LogP) is 4.60. The second-order valence-electron chi connectivity index (χ2n) is 12.2. The number of anilines is 1. The zero-order valence-electron chi connectivity index (χ0n) is 25.0. The Morgan fingerprint density at radius 2 is 1.56 bits per heavy atom. The highest BCUT2D eigenvalue weighted by atomic mass is 16.5. The summed E-state index contributed by atoms with van der Waals surface area (Å²) in [6, 6.07) is 1.77. The first kappa shape index (κ1) is 30.2. The van der Waals surface area contributed by atoms with Crippen LogP contribution in [0, 0.1) is 0 Å². The van der Waals surface area contributed by atoms with Crippen LogP contribution >= 0.6 is 0 Å². The summed E-state index contributed by atoms with van der Waals surface area (Å²) in [7, 11) is 0. The number of hydrogen-bond donors (Lipinski definition) is 1. The molecule has 2 atom stereocenters. The van der Waals surface area contributed by atoms with Crippen molar-refractivity contribution >= 4 is 11.9 Å². The minimum absolute atomic E-state index is 0.00463. The number of unbranched alkanes of at least 4 members (excludes halogenated alkanes) is 6. The topological polar surface area (TPSA) is 73.8 Å². The zero-order chi connectivity index (χ0) is 27.5. The van der Waals surface area contributed by atoms with E-state index in [1.165, 1.54) is 89.4 Å². The second-order valence-corrected chi connectivity index (χ2v) is 12.2. The van der Waals surface area contributed by atoms with Crippen LogP contribution in [0.4, 0.5) is 5.95 Å². The summed E-state index contributed by atoms with van der Waals surface area (Å²) in [6.07, 6.45) is 18.0. The molecule has 2 bridgehead atoms. The summed E-state index contributed by atoms with van der Waals surface area (Å²) in [6.45, 7) is 14.0. The maximum atomic E-state index is 11.5. The van der Waals surface area contributed by atoms with Gasteiger partial charge in [-0.2, -0.15) is 0 Å². The number of piperidine rings is 1. The number of nitrogens with one attached hydrogen (secondary N) is 1. The minimum atomic E-state index is 0.00463. The number of fused-ring (bicyclic) bond motifs is 2. The Labute approximate surface area is 237 Å². The third-order valence-corrected chi connectivity index (χ3v) is 9.10. The standard InChI is InChI=1S/C31H54N6O2/c1-4-39-24-30(38)32-16-10-8-6-5-7-9-11-17-35-18-14-26(15-19-35)27-20-33-31(34-21-27)37-28-12-13-29(37)23-36(22-28)25(2)3/h20-21,25-26,28-29H,4-19,22-24H2,1-3H3,(H,32,38). The van der Waals surface area contributed by atoms with Gasteiger partial charge in [0.05, 0.1) is 0 Å². The normalized spacial score (nSPS) is 22.6. The third-order valence-electron chi connectivity index (χ3n) is 9.10. The summed E-state index contributed by atoms with van der Waals surface area (Å²) in [5.41, 5.74) is 1.33. The Morgan fingerprint density at radius 1 is 0.949 bits per heavy atom. The van der Waals surface area contributed by atoms with Gasteiger partial charge in [0.15, 0.2) is 0 Å². The number of likely N-dealkylation sites (tertiary alicyclic amines) is 2. The molecule has 8 nitrogen and oxygen atoms in total. The molecule has 0 radical (unpaired) electrons. The highest BCUT2D eigenvalue weighted by Crippen LogP contribution is 2.34. The number of ether oxygens (including phenoxy) is 1. The van der Waals surface area contributed by atoms with E-state index in [1.54, 1.807) is 0 Å². The monoisotopic (exact) mass is 542 g/mol. The lowest BCUT2D eigenvalue weighted by molar-refractivity contribution is -0.125. The molecule has 3 saturated heterocycles. The van der Waals surface area contributed by atoms with Crippen LogP contribution in [-0.2, 0) is 9.53 Å². The predicted molar refractivity (Wildman–Crippen MR) is 158 cm³/mol. The SMILES string of the molecule is CCOCC(=O)NCCCCCCCCCN1CCC(c2cnc(N3C4CCC3CN(C(C)C)C4)nc2)CC1. The number of nitrogens with zero attached hydrogens (tertiary/aromatic N) is 5. The first-order chi connectivity index (χ1) is 19.0. The Hall–Kier alpha value is -1.77. The Bertz CT molecular complexity index is 828. The third kappa shape index (κ3) is 9.12. The minimum Gasteiger partial charge on any atom is -0.372 e. The van der Waals surface area contributed by atoms with Crippen molar-refractivity contribution in [3.05, 3.63) is 18.0 Å². The van der Waals surface area contributed by atoms with E-state index in [4.69, 9.17) is 14.7 Å². The molecule has 2 unspecified atom stereocenters. The van der Waals surface area contributed by atoms with E-state index in [0.717, 1.165) is 32.0 Å². The molecule has 39 heavy (non-hydrogen) atoms. The van der Waals surface area contributed by atoms with Crippen LogP contribution in [0.3, 0.4) is 0 Å². The number of hydrogen-bond acceptors (Lipinski definition) is 7. The van der Waals surface area contributed by atoms with Crippen LogP contribution in [0.1, 0.15) is 103 Å². The lowest BCUT2D eigenvalue weighted by Crippen LogP contribution is -2.56. The molecule has 0 saturated carbocycles. The van der Waals surface area contributed by atoms with Crippen LogP contribution in [0.5, 0.6) is 0 Å². The number of amides is 1. The van der Waals surface area contributed by atoms with Gasteiger partial charge >= 0.3 is 0 Å². The van der Waals surface area contributed by atoms with E-state index >= 15 is 0 Å². The van der Waals surface area contributed by atoms with Crippen LogP contribution < -0.4 is 10.2 Å². The first-order valence-corrected chi connectivity index (χ1v) is 16.0. The van der Waals surface area contributed by atoms with Crippen LogP contribution in [0.2, 0.25) is 0 Å². The molecule has 220 valence electrons. The molecule has 3 aliphatic heterocycles. The molecule has 8 heteroatoms. The van der Waals surface area contributed by atoms with Gasteiger partial charge in [0.2, 0.25) is 11.9 Å². The van der Waals surface area contributed by atoms with E-state index in [-0.39, 0.29) is 12.5 Å². The zero-order valence-corrected chi connectivity index (χ0v) is 25.0. The van der Waals surface area contributed by atoms with E-state index in [9.17, 15) is 4.79 Å². The van der Waals surface area contributed by atoms with Crippen molar-refractivity contribution in [1.82, 2.24) is 25.1 Å². The molecule has 1 aromatic heterocycles. The smallest absolute Gasteiger partial charge is 0.245 e. The average Bonchev–Trinajstić information content (AvgIpc) is 3.21. The van der Waals surface area contributed by atoms with Gasteiger partial charge in [-0.1, -0.05) is 32.1 Å². The van der Waals surface area contributed by atoms with Crippen LogP contribution in [0.25, 0.3) is 0 Å². The molecule has 0 aliphatic carbocycles. The fourth-order valence-electron chi connectivity index (χ4n) is 6.67. The van der Waals surface area contributed by atoms with Gasteiger partial charge in [0.1, 0.15) is 6.61 Å². The maximum absolute atomic E-state index is 11.5. The van der Waals surface area contributed by atoms with Crippen molar-refractivity contribution in [2.24, 2.45) is 0 Å². The maximum Gasteiger partial charge on any atom is 0.245 e. The molecule has 4 heterocycles. The van der Waals surface area contributed by atoms with Crippen molar-refractivity contribution in [2.45, 2.75) is 115 Å². The quantitative estimate of drug-likeness (QED) is 0.306. The summed E-state index contributed by atoms with van der Waals surface area (Å²) >= 11 is 0. The van der Waals surface area contributed by atoms with Crippen LogP contribution in [0.15, 0.2) is 12.4 Å². The van der Waals surface area contributed by atoms with E-state index in [1.807, 2.05) is 6.92 Å². The van der Waals surface area contributed by atoms with Crippen molar-refractivity contribution < 1.29 is 9.53 Å². The van der Waals surface area contributed by atoms with E-state index in [2.05, 4.69) is 46.3 Å². The molecule has 0 aromatic carbocycles. The summed E-state index contributed by atoms with van der Waals surface area (Å²) in [5, 5.41) is 2.92. The molecule has 3 fully saturated rings. The summed E-state index contributed by atoms with van der Waals surface area (Å²) < 4.78 is 5.11. The van der Waals surface area contributed by atoms with Gasteiger partial charge in [-0.05, 0) is 90.4 Å². The van der Waals surface area contributed by atoms with Gasteiger partial charge in [-0.25, -0.2) is 9.97 Å². The van der Waals surface area contributed by atoms with Crippen molar-refractivity contribution in [3.8, 4) is 0 Å². The number of piperazine rings is 1. The Kier molecular flexibility index (Phi) is 12.3.